The molecule has 0 unspecified atom stereocenters. The molecule has 0 aliphatic rings. The van der Waals surface area contributed by atoms with Crippen LogP contribution in [0.15, 0.2) is 41.0 Å². The zero-order valence-corrected chi connectivity index (χ0v) is 7.10. The van der Waals surface area contributed by atoms with Crippen molar-refractivity contribution in [1.29, 1.82) is 0 Å². The summed E-state index contributed by atoms with van der Waals surface area (Å²) in [5.74, 6) is 0. The monoisotopic (exact) mass is 174 g/mol. The first-order valence-electron chi connectivity index (χ1n) is 4.15. The van der Waals surface area contributed by atoms with Gasteiger partial charge in [-0.25, -0.2) is 0 Å². The Balaban J connectivity index is 2.42. The van der Waals surface area contributed by atoms with Crippen LogP contribution in [0.5, 0.6) is 0 Å². The van der Waals surface area contributed by atoms with E-state index >= 15 is 0 Å². The maximum absolute atomic E-state index is 8.60. The molecular formula is C11H10O2. The van der Waals surface area contributed by atoms with Gasteiger partial charge in [-0.3, -0.25) is 0 Å². The molecule has 0 atom stereocenters. The van der Waals surface area contributed by atoms with Gasteiger partial charge in [-0.2, -0.15) is 0 Å². The van der Waals surface area contributed by atoms with Crippen LogP contribution in [0.4, 0.5) is 0 Å². The molecule has 0 spiro atoms. The van der Waals surface area contributed by atoms with E-state index in [4.69, 9.17) is 9.52 Å². The van der Waals surface area contributed by atoms with E-state index in [2.05, 4.69) is 0 Å². The molecule has 2 nitrogen and oxygen atoms in total. The highest BCUT2D eigenvalue weighted by atomic mass is 16.3. The van der Waals surface area contributed by atoms with Gasteiger partial charge < -0.3 is 9.52 Å². The van der Waals surface area contributed by atoms with Crippen LogP contribution >= 0.6 is 0 Å². The largest absolute Gasteiger partial charge is 0.464 e. The summed E-state index contributed by atoms with van der Waals surface area (Å²) in [6.07, 6.45) is 5.26. The van der Waals surface area contributed by atoms with E-state index < -0.39 is 0 Å². The third-order valence-electron chi connectivity index (χ3n) is 1.89. The minimum absolute atomic E-state index is 0.0728. The average molecular weight is 174 g/mol. The summed E-state index contributed by atoms with van der Waals surface area (Å²) in [5, 5.41) is 9.68. The maximum Gasteiger partial charge on any atom is 0.133 e. The second kappa shape index (κ2) is 3.46. The Morgan fingerprint density at radius 3 is 3.08 bits per heavy atom. The molecule has 0 radical (unpaired) electrons. The lowest BCUT2D eigenvalue weighted by atomic mass is 10.1. The van der Waals surface area contributed by atoms with Gasteiger partial charge in [0.15, 0.2) is 0 Å². The molecule has 0 aliphatic heterocycles. The summed E-state index contributed by atoms with van der Waals surface area (Å²) in [4.78, 5) is 0. The molecule has 0 amide bonds. The Labute approximate surface area is 76.1 Å². The topological polar surface area (TPSA) is 33.4 Å². The van der Waals surface area contributed by atoms with Gasteiger partial charge in [0.05, 0.1) is 12.9 Å². The van der Waals surface area contributed by atoms with Crippen LogP contribution in [-0.2, 0) is 0 Å². The van der Waals surface area contributed by atoms with Crippen molar-refractivity contribution in [3.63, 3.8) is 0 Å². The molecule has 0 fully saturated rings. The summed E-state index contributed by atoms with van der Waals surface area (Å²) >= 11 is 0. The van der Waals surface area contributed by atoms with Crippen LogP contribution < -0.4 is 0 Å². The van der Waals surface area contributed by atoms with Crippen molar-refractivity contribution >= 4 is 17.0 Å². The number of hydrogen-bond donors (Lipinski definition) is 1. The van der Waals surface area contributed by atoms with Crippen molar-refractivity contribution in [2.24, 2.45) is 0 Å². The SMILES string of the molecule is OC/C=C/c1ccc2occc2c1. The first-order valence-corrected chi connectivity index (χ1v) is 4.15. The van der Waals surface area contributed by atoms with Crippen molar-refractivity contribution in [2.75, 3.05) is 6.61 Å². The summed E-state index contributed by atoms with van der Waals surface area (Å²) in [5.41, 5.74) is 1.96. The Hall–Kier alpha value is -1.54. The van der Waals surface area contributed by atoms with Crippen molar-refractivity contribution in [1.82, 2.24) is 0 Å². The fourth-order valence-corrected chi connectivity index (χ4v) is 1.28. The number of benzene rings is 1. The quantitative estimate of drug-likeness (QED) is 0.758. The molecule has 0 saturated heterocycles. The minimum atomic E-state index is 0.0728. The van der Waals surface area contributed by atoms with E-state index in [1.54, 1.807) is 12.3 Å². The lowest BCUT2D eigenvalue weighted by Gasteiger charge is -1.92. The molecular weight excluding hydrogens is 164 g/mol. The number of furan rings is 1. The predicted octanol–water partition coefficient (Wildman–Crippen LogP) is 2.44. The van der Waals surface area contributed by atoms with Crippen LogP contribution in [-0.4, -0.2) is 11.7 Å². The second-order valence-electron chi connectivity index (χ2n) is 2.80. The minimum Gasteiger partial charge on any atom is -0.464 e. The molecule has 2 aromatic rings. The molecule has 2 heteroatoms. The van der Waals surface area contributed by atoms with Gasteiger partial charge in [0.1, 0.15) is 5.58 Å². The fraction of sp³-hybridized carbons (Fsp3) is 0.0909. The predicted molar refractivity (Wildman–Crippen MR) is 52.3 cm³/mol. The van der Waals surface area contributed by atoms with Crippen molar-refractivity contribution in [3.05, 3.63) is 42.2 Å². The first-order chi connectivity index (χ1) is 6.40. The molecule has 2 rings (SSSR count). The third kappa shape index (κ3) is 1.63. The van der Waals surface area contributed by atoms with Crippen molar-refractivity contribution in [3.8, 4) is 0 Å². The van der Waals surface area contributed by atoms with Crippen LogP contribution in [0.3, 0.4) is 0 Å². The number of fused-ring (bicyclic) bond motifs is 1. The van der Waals surface area contributed by atoms with Crippen LogP contribution in [0, 0.1) is 0 Å². The van der Waals surface area contributed by atoms with Crippen LogP contribution in [0.25, 0.3) is 17.0 Å². The molecule has 0 saturated carbocycles. The van der Waals surface area contributed by atoms with Gasteiger partial charge in [0.2, 0.25) is 0 Å². The third-order valence-corrected chi connectivity index (χ3v) is 1.89. The fourth-order valence-electron chi connectivity index (χ4n) is 1.28. The molecule has 0 aliphatic carbocycles. The first kappa shape index (κ1) is 8.08. The second-order valence-corrected chi connectivity index (χ2v) is 2.80. The van der Waals surface area contributed by atoms with E-state index in [0.29, 0.717) is 0 Å². The lowest BCUT2D eigenvalue weighted by Crippen LogP contribution is -1.73. The normalized spacial score (nSPS) is 11.5. The number of rotatable bonds is 2. The van der Waals surface area contributed by atoms with Crippen LogP contribution in [0.1, 0.15) is 5.56 Å². The Kier molecular flexibility index (Phi) is 2.15. The van der Waals surface area contributed by atoms with Gasteiger partial charge in [0.25, 0.3) is 0 Å². The van der Waals surface area contributed by atoms with E-state index in [1.165, 1.54) is 0 Å². The van der Waals surface area contributed by atoms with Crippen LogP contribution in [0.2, 0.25) is 0 Å². The highest BCUT2D eigenvalue weighted by molar-refractivity contribution is 5.79. The van der Waals surface area contributed by atoms with Crippen molar-refractivity contribution in [2.45, 2.75) is 0 Å². The van der Waals surface area contributed by atoms with Gasteiger partial charge >= 0.3 is 0 Å². The molecule has 66 valence electrons. The summed E-state index contributed by atoms with van der Waals surface area (Å²) in [6, 6.07) is 7.82. The van der Waals surface area contributed by atoms with Gasteiger partial charge in [0, 0.05) is 5.39 Å². The molecule has 13 heavy (non-hydrogen) atoms. The van der Waals surface area contributed by atoms with E-state index in [0.717, 1.165) is 16.5 Å². The number of aliphatic hydroxyl groups excluding tert-OH is 1. The highest BCUT2D eigenvalue weighted by Gasteiger charge is 1.95. The van der Waals surface area contributed by atoms with E-state index in [1.807, 2.05) is 30.3 Å². The summed E-state index contributed by atoms with van der Waals surface area (Å²) < 4.78 is 5.20. The van der Waals surface area contributed by atoms with Gasteiger partial charge in [-0.15, -0.1) is 0 Å². The number of hydrogen-bond acceptors (Lipinski definition) is 2. The Morgan fingerprint density at radius 2 is 2.23 bits per heavy atom. The lowest BCUT2D eigenvalue weighted by molar-refractivity contribution is 0.343. The summed E-state index contributed by atoms with van der Waals surface area (Å²) in [6.45, 7) is 0.0728. The Bertz CT molecular complexity index is 426. The smallest absolute Gasteiger partial charge is 0.133 e. The molecule has 1 aromatic carbocycles. The number of aliphatic hydroxyl groups is 1. The zero-order valence-electron chi connectivity index (χ0n) is 7.10. The molecule has 1 aromatic heterocycles. The maximum atomic E-state index is 8.60. The summed E-state index contributed by atoms with van der Waals surface area (Å²) in [7, 11) is 0. The standard InChI is InChI=1S/C11H10O2/c12-6-1-2-9-3-4-11-10(8-9)5-7-13-11/h1-5,7-8,12H,6H2/b2-1+. The van der Waals surface area contributed by atoms with E-state index in [9.17, 15) is 0 Å². The van der Waals surface area contributed by atoms with Gasteiger partial charge in [-0.05, 0) is 23.8 Å². The molecule has 0 bridgehead atoms. The highest BCUT2D eigenvalue weighted by Crippen LogP contribution is 2.17. The zero-order chi connectivity index (χ0) is 9.10. The van der Waals surface area contributed by atoms with Gasteiger partial charge in [-0.1, -0.05) is 18.2 Å². The van der Waals surface area contributed by atoms with E-state index in [-0.39, 0.29) is 6.61 Å². The molecule has 1 heterocycles. The Morgan fingerprint density at radius 1 is 1.31 bits per heavy atom. The van der Waals surface area contributed by atoms with Crippen molar-refractivity contribution < 1.29 is 9.52 Å². The average Bonchev–Trinajstić information content (AvgIpc) is 2.61. The molecule has 1 N–H and O–H groups in total.